The molecule has 0 heterocycles. The second kappa shape index (κ2) is 4.94. The van der Waals surface area contributed by atoms with Gasteiger partial charge in [0.25, 0.3) is 0 Å². The van der Waals surface area contributed by atoms with Crippen LogP contribution in [0.2, 0.25) is 0 Å². The lowest BCUT2D eigenvalue weighted by Crippen LogP contribution is -2.58. The van der Waals surface area contributed by atoms with E-state index in [-0.39, 0.29) is 11.5 Å². The van der Waals surface area contributed by atoms with Gasteiger partial charge in [-0.25, -0.2) is 0 Å². The van der Waals surface area contributed by atoms with Crippen molar-refractivity contribution >= 4 is 23.1 Å². The molecule has 0 aromatic heterocycles. The van der Waals surface area contributed by atoms with Crippen molar-refractivity contribution in [2.75, 3.05) is 7.05 Å². The molecule has 4 fully saturated rings. The highest BCUT2D eigenvalue weighted by molar-refractivity contribution is 7.80. The Hall–Kier alpha value is -0.640. The van der Waals surface area contributed by atoms with E-state index >= 15 is 0 Å². The van der Waals surface area contributed by atoms with Gasteiger partial charge >= 0.3 is 0 Å². The highest BCUT2D eigenvalue weighted by atomic mass is 32.1. The summed E-state index contributed by atoms with van der Waals surface area (Å²) in [5.41, 5.74) is 5.98. The number of amides is 1. The van der Waals surface area contributed by atoms with Gasteiger partial charge in [0, 0.05) is 19.5 Å². The second-order valence-corrected chi connectivity index (χ2v) is 9.01. The summed E-state index contributed by atoms with van der Waals surface area (Å²) in [6, 6.07) is 0.107. The third-order valence-electron chi connectivity index (χ3n) is 6.29. The van der Waals surface area contributed by atoms with Gasteiger partial charge < -0.3 is 10.6 Å². The largest absolute Gasteiger partial charge is 0.393 e. The SMILES string of the molecule is CC(CC(N)=S)N(C)C(=O)C12CC3CC(CC(C)(C3)C1)C2. The molecule has 3 unspecified atom stereocenters. The van der Waals surface area contributed by atoms with Gasteiger partial charge in [0.15, 0.2) is 0 Å². The molecule has 4 rings (SSSR count). The molecule has 0 aromatic carbocycles. The van der Waals surface area contributed by atoms with E-state index in [4.69, 9.17) is 18.0 Å². The molecule has 0 saturated heterocycles. The van der Waals surface area contributed by atoms with Crippen LogP contribution < -0.4 is 5.73 Å². The first kappa shape index (κ1) is 15.3. The van der Waals surface area contributed by atoms with Crippen LogP contribution in [0.3, 0.4) is 0 Å². The van der Waals surface area contributed by atoms with Crippen molar-refractivity contribution in [3.8, 4) is 0 Å². The highest BCUT2D eigenvalue weighted by Gasteiger charge is 2.59. The number of thiocarbonyl (C=S) groups is 1. The van der Waals surface area contributed by atoms with Crippen LogP contribution in [-0.2, 0) is 4.79 Å². The van der Waals surface area contributed by atoms with Crippen LogP contribution in [0.15, 0.2) is 0 Å². The Kier molecular flexibility index (Phi) is 3.59. The molecule has 118 valence electrons. The lowest BCUT2D eigenvalue weighted by molar-refractivity contribution is -0.166. The molecule has 4 aliphatic rings. The number of hydrogen-bond donors (Lipinski definition) is 1. The van der Waals surface area contributed by atoms with Gasteiger partial charge in [0.2, 0.25) is 5.91 Å². The normalized spacial score (nSPS) is 41.9. The Bertz CT molecular complexity index is 461. The van der Waals surface area contributed by atoms with E-state index in [1.165, 1.54) is 19.3 Å². The fraction of sp³-hybridized carbons (Fsp3) is 0.882. The number of rotatable bonds is 4. The van der Waals surface area contributed by atoms with E-state index < -0.39 is 0 Å². The monoisotopic (exact) mass is 308 g/mol. The van der Waals surface area contributed by atoms with Crippen molar-refractivity contribution in [3.63, 3.8) is 0 Å². The van der Waals surface area contributed by atoms with Gasteiger partial charge in [-0.05, 0) is 62.7 Å². The van der Waals surface area contributed by atoms with E-state index in [0.29, 0.717) is 22.7 Å². The molecule has 4 saturated carbocycles. The molecule has 0 radical (unpaired) electrons. The van der Waals surface area contributed by atoms with Gasteiger partial charge in [-0.15, -0.1) is 0 Å². The third kappa shape index (κ3) is 2.60. The summed E-state index contributed by atoms with van der Waals surface area (Å²) in [6.45, 7) is 4.46. The molecule has 21 heavy (non-hydrogen) atoms. The van der Waals surface area contributed by atoms with E-state index in [1.807, 2.05) is 11.9 Å². The van der Waals surface area contributed by atoms with E-state index in [0.717, 1.165) is 31.1 Å². The van der Waals surface area contributed by atoms with E-state index in [2.05, 4.69) is 13.8 Å². The molecule has 1 amide bonds. The standard InChI is InChI=1S/C17H28N2OS/c1-11(4-14(18)21)19(3)15(20)17-8-12-5-13(9-17)7-16(2,6-12)10-17/h11-13H,4-10H2,1-3H3,(H2,18,21). The minimum atomic E-state index is -0.0853. The molecule has 0 aromatic rings. The molecule has 4 bridgehead atoms. The smallest absolute Gasteiger partial charge is 0.228 e. The molecule has 4 heteroatoms. The minimum absolute atomic E-state index is 0.0853. The predicted molar refractivity (Wildman–Crippen MR) is 88.9 cm³/mol. The topological polar surface area (TPSA) is 46.3 Å². The molecular weight excluding hydrogens is 280 g/mol. The van der Waals surface area contributed by atoms with Crippen molar-refractivity contribution in [2.45, 2.75) is 64.8 Å². The predicted octanol–water partition coefficient (Wildman–Crippen LogP) is 3.12. The van der Waals surface area contributed by atoms with Gasteiger partial charge in [0.1, 0.15) is 0 Å². The Morgan fingerprint density at radius 3 is 2.38 bits per heavy atom. The molecule has 3 nitrogen and oxygen atoms in total. The summed E-state index contributed by atoms with van der Waals surface area (Å²) in [5.74, 6) is 1.91. The molecule has 0 spiro atoms. The average molecular weight is 308 g/mol. The Morgan fingerprint density at radius 1 is 1.33 bits per heavy atom. The Morgan fingerprint density at radius 2 is 1.90 bits per heavy atom. The summed E-state index contributed by atoms with van der Waals surface area (Å²) in [6.07, 6.45) is 7.98. The van der Waals surface area contributed by atoms with Gasteiger partial charge in [-0.2, -0.15) is 0 Å². The fourth-order valence-corrected chi connectivity index (χ4v) is 6.21. The first-order valence-corrected chi connectivity index (χ1v) is 8.69. The van der Waals surface area contributed by atoms with E-state index in [9.17, 15) is 4.79 Å². The molecule has 4 aliphatic carbocycles. The third-order valence-corrected chi connectivity index (χ3v) is 6.45. The zero-order valence-electron chi connectivity index (χ0n) is 13.5. The number of carbonyl (C=O) groups is 1. The van der Waals surface area contributed by atoms with Crippen LogP contribution in [0.25, 0.3) is 0 Å². The van der Waals surface area contributed by atoms with Crippen molar-refractivity contribution in [1.29, 1.82) is 0 Å². The maximum atomic E-state index is 13.2. The molecule has 2 N–H and O–H groups in total. The summed E-state index contributed by atoms with van der Waals surface area (Å²) < 4.78 is 0. The average Bonchev–Trinajstić information content (AvgIpc) is 2.33. The summed E-state index contributed by atoms with van der Waals surface area (Å²) in [5, 5.41) is 0. The minimum Gasteiger partial charge on any atom is -0.393 e. The first-order valence-electron chi connectivity index (χ1n) is 8.29. The Balaban J connectivity index is 1.79. The lowest BCUT2D eigenvalue weighted by Gasteiger charge is -2.61. The lowest BCUT2D eigenvalue weighted by atomic mass is 9.44. The maximum absolute atomic E-state index is 13.2. The van der Waals surface area contributed by atoms with Gasteiger partial charge in [0.05, 0.1) is 10.4 Å². The van der Waals surface area contributed by atoms with Crippen LogP contribution in [-0.4, -0.2) is 28.9 Å². The number of carbonyl (C=O) groups excluding carboxylic acids is 1. The molecular formula is C17H28N2OS. The first-order chi connectivity index (χ1) is 9.73. The van der Waals surface area contributed by atoms with Gasteiger partial charge in [-0.1, -0.05) is 19.1 Å². The molecule has 0 aliphatic heterocycles. The fourth-order valence-electron chi connectivity index (χ4n) is 5.97. The highest BCUT2D eigenvalue weighted by Crippen LogP contribution is 2.65. The summed E-state index contributed by atoms with van der Waals surface area (Å²) in [4.78, 5) is 15.6. The summed E-state index contributed by atoms with van der Waals surface area (Å²) >= 11 is 5.00. The van der Waals surface area contributed by atoms with Crippen LogP contribution in [0.4, 0.5) is 0 Å². The van der Waals surface area contributed by atoms with Crippen molar-refractivity contribution in [2.24, 2.45) is 28.4 Å². The van der Waals surface area contributed by atoms with Crippen LogP contribution in [0, 0.1) is 22.7 Å². The van der Waals surface area contributed by atoms with Crippen LogP contribution >= 0.6 is 12.2 Å². The summed E-state index contributed by atoms with van der Waals surface area (Å²) in [7, 11) is 1.94. The quantitative estimate of drug-likeness (QED) is 0.812. The van der Waals surface area contributed by atoms with Crippen LogP contribution in [0.1, 0.15) is 58.8 Å². The Labute approximate surface area is 133 Å². The van der Waals surface area contributed by atoms with Crippen molar-refractivity contribution < 1.29 is 4.79 Å². The van der Waals surface area contributed by atoms with Crippen LogP contribution in [0.5, 0.6) is 0 Å². The zero-order valence-corrected chi connectivity index (χ0v) is 14.3. The van der Waals surface area contributed by atoms with Crippen molar-refractivity contribution in [1.82, 2.24) is 4.90 Å². The van der Waals surface area contributed by atoms with Crippen molar-refractivity contribution in [3.05, 3.63) is 0 Å². The zero-order chi connectivity index (χ0) is 15.4. The second-order valence-electron chi connectivity index (χ2n) is 8.49. The molecule has 3 atom stereocenters. The number of nitrogens with two attached hydrogens (primary N) is 1. The maximum Gasteiger partial charge on any atom is 0.228 e. The number of hydrogen-bond acceptors (Lipinski definition) is 2. The van der Waals surface area contributed by atoms with Gasteiger partial charge in [-0.3, -0.25) is 4.79 Å². The van der Waals surface area contributed by atoms with E-state index in [1.54, 1.807) is 0 Å². The number of nitrogens with zero attached hydrogens (tertiary/aromatic N) is 1.